The molecular formula is C21H22FN3O3S. The highest BCUT2D eigenvalue weighted by Crippen LogP contribution is 2.24. The van der Waals surface area contributed by atoms with Gasteiger partial charge in [-0.3, -0.25) is 4.79 Å². The quantitative estimate of drug-likeness (QED) is 0.509. The van der Waals surface area contributed by atoms with E-state index in [1.807, 2.05) is 24.3 Å². The van der Waals surface area contributed by atoms with E-state index in [-0.39, 0.29) is 28.6 Å². The number of thioether (sulfide) groups is 1. The van der Waals surface area contributed by atoms with Crippen LogP contribution in [-0.4, -0.2) is 21.9 Å². The average molecular weight is 415 g/mol. The van der Waals surface area contributed by atoms with Crippen molar-refractivity contribution in [1.82, 2.24) is 10.2 Å². The Hall–Kier alpha value is -2.87. The summed E-state index contributed by atoms with van der Waals surface area (Å²) in [5, 5.41) is 11.0. The van der Waals surface area contributed by atoms with Crippen molar-refractivity contribution in [2.75, 3.05) is 11.1 Å². The number of ether oxygens (including phenoxy) is 1. The molecule has 1 aromatic heterocycles. The van der Waals surface area contributed by atoms with Crippen LogP contribution in [0.15, 0.2) is 58.2 Å². The fraction of sp³-hybridized carbons (Fsp3) is 0.286. The van der Waals surface area contributed by atoms with Crippen molar-refractivity contribution < 1.29 is 18.3 Å². The number of nitrogens with one attached hydrogen (secondary N) is 1. The molecule has 1 atom stereocenters. The summed E-state index contributed by atoms with van der Waals surface area (Å²) in [5.74, 6) is 0.853. The molecule has 29 heavy (non-hydrogen) atoms. The zero-order valence-corrected chi connectivity index (χ0v) is 17.2. The molecule has 1 amide bonds. The second kappa shape index (κ2) is 9.56. The monoisotopic (exact) mass is 415 g/mol. The van der Waals surface area contributed by atoms with E-state index >= 15 is 0 Å². The number of carbonyl (C=O) groups excluding carboxylic acids is 1. The smallest absolute Gasteiger partial charge is 0.277 e. The topological polar surface area (TPSA) is 77.2 Å². The third-order valence-corrected chi connectivity index (χ3v) is 4.90. The molecule has 3 aromatic rings. The molecule has 0 saturated carbocycles. The van der Waals surface area contributed by atoms with Gasteiger partial charge in [0.25, 0.3) is 11.1 Å². The highest BCUT2D eigenvalue weighted by molar-refractivity contribution is 7.99. The molecule has 2 aromatic carbocycles. The number of anilines is 1. The first-order valence-electron chi connectivity index (χ1n) is 9.19. The van der Waals surface area contributed by atoms with E-state index in [9.17, 15) is 9.18 Å². The molecule has 1 N–H and O–H groups in total. The maximum Gasteiger partial charge on any atom is 0.277 e. The third-order valence-electron chi connectivity index (χ3n) is 4.08. The Balaban J connectivity index is 1.49. The lowest BCUT2D eigenvalue weighted by atomic mass is 10.0. The van der Waals surface area contributed by atoms with Crippen LogP contribution in [0, 0.1) is 5.82 Å². The molecule has 8 heteroatoms. The minimum atomic E-state index is -0.504. The molecule has 3 rings (SSSR count). The summed E-state index contributed by atoms with van der Waals surface area (Å²) >= 11 is 1.14. The number of halogens is 1. The summed E-state index contributed by atoms with van der Waals surface area (Å²) in [6, 6.07) is 13.4. The fourth-order valence-electron chi connectivity index (χ4n) is 2.49. The Bertz CT molecular complexity index is 943. The van der Waals surface area contributed by atoms with Gasteiger partial charge in [-0.2, -0.15) is 0 Å². The number of rotatable bonds is 8. The van der Waals surface area contributed by atoms with Gasteiger partial charge in [0, 0.05) is 5.69 Å². The first-order chi connectivity index (χ1) is 13.9. The highest BCUT2D eigenvalue weighted by Gasteiger charge is 2.17. The lowest BCUT2D eigenvalue weighted by Gasteiger charge is -2.10. The molecule has 152 valence electrons. The standard InChI is InChI=1S/C21H22FN3O3S/c1-13(2)15-4-8-17(9-5-15)23-19(26)12-29-21-25-24-20(28-21)14(3)27-18-10-6-16(22)7-11-18/h4-11,13-14H,12H2,1-3H3,(H,23,26)/t14-/m1/s1. The molecule has 0 bridgehead atoms. The molecule has 0 aliphatic heterocycles. The number of hydrogen-bond acceptors (Lipinski definition) is 6. The maximum atomic E-state index is 13.0. The molecule has 1 heterocycles. The van der Waals surface area contributed by atoms with Crippen LogP contribution < -0.4 is 10.1 Å². The summed E-state index contributed by atoms with van der Waals surface area (Å²) in [5.41, 5.74) is 1.96. The van der Waals surface area contributed by atoms with Crippen molar-refractivity contribution in [2.24, 2.45) is 0 Å². The minimum absolute atomic E-state index is 0.140. The van der Waals surface area contributed by atoms with E-state index in [4.69, 9.17) is 9.15 Å². The van der Waals surface area contributed by atoms with Gasteiger partial charge in [0.2, 0.25) is 5.91 Å². The maximum absolute atomic E-state index is 13.0. The first-order valence-corrected chi connectivity index (χ1v) is 10.2. The third kappa shape index (κ3) is 6.05. The lowest BCUT2D eigenvalue weighted by molar-refractivity contribution is -0.113. The van der Waals surface area contributed by atoms with Gasteiger partial charge in [-0.1, -0.05) is 37.7 Å². The van der Waals surface area contributed by atoms with Crippen molar-refractivity contribution in [2.45, 2.75) is 38.0 Å². The summed E-state index contributed by atoms with van der Waals surface area (Å²) in [6.45, 7) is 5.99. The van der Waals surface area contributed by atoms with Crippen LogP contribution in [0.2, 0.25) is 0 Å². The zero-order chi connectivity index (χ0) is 20.8. The second-order valence-corrected chi connectivity index (χ2v) is 7.66. The predicted octanol–water partition coefficient (Wildman–Crippen LogP) is 5.20. The van der Waals surface area contributed by atoms with Gasteiger partial charge >= 0.3 is 0 Å². The molecule has 0 aliphatic carbocycles. The average Bonchev–Trinajstić information content (AvgIpc) is 3.18. The Morgan fingerprint density at radius 1 is 1.10 bits per heavy atom. The second-order valence-electron chi connectivity index (χ2n) is 6.73. The normalized spacial score (nSPS) is 12.0. The highest BCUT2D eigenvalue weighted by atomic mass is 32.2. The summed E-state index contributed by atoms with van der Waals surface area (Å²) in [4.78, 5) is 12.1. The Kier molecular flexibility index (Phi) is 6.87. The van der Waals surface area contributed by atoms with E-state index in [0.717, 1.165) is 17.4 Å². The van der Waals surface area contributed by atoms with Crippen LogP contribution in [0.3, 0.4) is 0 Å². The van der Waals surface area contributed by atoms with Crippen LogP contribution >= 0.6 is 11.8 Å². The molecule has 0 spiro atoms. The van der Waals surface area contributed by atoms with Crippen molar-refractivity contribution in [3.63, 3.8) is 0 Å². The predicted molar refractivity (Wildman–Crippen MR) is 110 cm³/mol. The van der Waals surface area contributed by atoms with Crippen LogP contribution in [0.4, 0.5) is 10.1 Å². The number of carbonyl (C=O) groups is 1. The molecule has 0 saturated heterocycles. The number of benzene rings is 2. The number of hydrogen-bond donors (Lipinski definition) is 1. The van der Waals surface area contributed by atoms with E-state index in [1.54, 1.807) is 6.92 Å². The molecule has 0 fully saturated rings. The number of nitrogens with zero attached hydrogens (tertiary/aromatic N) is 2. The fourth-order valence-corrected chi connectivity index (χ4v) is 3.06. The summed E-state index contributed by atoms with van der Waals surface area (Å²) in [7, 11) is 0. The summed E-state index contributed by atoms with van der Waals surface area (Å²) < 4.78 is 24.1. The van der Waals surface area contributed by atoms with Crippen molar-refractivity contribution in [3.8, 4) is 5.75 Å². The van der Waals surface area contributed by atoms with Gasteiger partial charge in [-0.15, -0.1) is 10.2 Å². The molecular weight excluding hydrogens is 393 g/mol. The van der Waals surface area contributed by atoms with Crippen molar-refractivity contribution >= 4 is 23.4 Å². The molecule has 0 unspecified atom stereocenters. The number of aromatic nitrogens is 2. The van der Waals surface area contributed by atoms with Gasteiger partial charge in [0.05, 0.1) is 5.75 Å². The lowest BCUT2D eigenvalue weighted by Crippen LogP contribution is -2.14. The Labute approximate surface area is 172 Å². The van der Waals surface area contributed by atoms with Crippen LogP contribution in [0.5, 0.6) is 5.75 Å². The van der Waals surface area contributed by atoms with E-state index in [2.05, 4.69) is 29.4 Å². The Morgan fingerprint density at radius 3 is 2.45 bits per heavy atom. The van der Waals surface area contributed by atoms with Crippen molar-refractivity contribution in [3.05, 3.63) is 65.8 Å². The van der Waals surface area contributed by atoms with Crippen molar-refractivity contribution in [1.29, 1.82) is 0 Å². The van der Waals surface area contributed by atoms with Gasteiger partial charge in [-0.25, -0.2) is 4.39 Å². The minimum Gasteiger partial charge on any atom is -0.481 e. The largest absolute Gasteiger partial charge is 0.481 e. The van der Waals surface area contributed by atoms with Crippen LogP contribution in [0.1, 0.15) is 44.2 Å². The number of amides is 1. The van der Waals surface area contributed by atoms with E-state index in [1.165, 1.54) is 29.8 Å². The molecule has 0 radical (unpaired) electrons. The van der Waals surface area contributed by atoms with Gasteiger partial charge < -0.3 is 14.5 Å². The van der Waals surface area contributed by atoms with E-state index < -0.39 is 6.10 Å². The zero-order valence-electron chi connectivity index (χ0n) is 16.4. The van der Waals surface area contributed by atoms with E-state index in [0.29, 0.717) is 11.7 Å². The molecule has 0 aliphatic rings. The van der Waals surface area contributed by atoms with Gasteiger partial charge in [0.15, 0.2) is 6.10 Å². The Morgan fingerprint density at radius 2 is 1.79 bits per heavy atom. The van der Waals surface area contributed by atoms with Crippen LogP contribution in [-0.2, 0) is 4.79 Å². The first kappa shape index (κ1) is 20.9. The van der Waals surface area contributed by atoms with Crippen LogP contribution in [0.25, 0.3) is 0 Å². The molecule has 6 nitrogen and oxygen atoms in total. The van der Waals surface area contributed by atoms with Gasteiger partial charge in [-0.05, 0) is 54.8 Å². The SMILES string of the molecule is CC(C)c1ccc(NC(=O)CSc2nnc([C@@H](C)Oc3ccc(F)cc3)o2)cc1. The van der Waals surface area contributed by atoms with Gasteiger partial charge in [0.1, 0.15) is 11.6 Å². The summed E-state index contributed by atoms with van der Waals surface area (Å²) in [6.07, 6.45) is -0.504.